The molecule has 1 fully saturated rings. The molecule has 0 bridgehead atoms. The van der Waals surface area contributed by atoms with Crippen LogP contribution in [0.1, 0.15) is 5.56 Å². The minimum atomic E-state index is -0.873. The molecule has 0 aromatic heterocycles. The number of alkyl halides is 2. The van der Waals surface area contributed by atoms with Crippen LogP contribution in [0.25, 0.3) is 11.1 Å². The maximum absolute atomic E-state index is 5.80. The molecule has 104 valence electrons. The zero-order chi connectivity index (χ0) is 14.0. The normalized spacial score (nSPS) is 25.8. The van der Waals surface area contributed by atoms with E-state index in [4.69, 9.17) is 21.1 Å². The highest BCUT2D eigenvalue weighted by Crippen LogP contribution is 2.40. The Morgan fingerprint density at radius 1 is 1.05 bits per heavy atom. The van der Waals surface area contributed by atoms with Crippen LogP contribution in [0.2, 0.25) is 0 Å². The smallest absolute Gasteiger partial charge is 0.254 e. The molecule has 0 spiro atoms. The molecule has 0 unspecified atom stereocenters. The fourth-order valence-electron chi connectivity index (χ4n) is 2.20. The molecule has 2 nitrogen and oxygen atoms in total. The first-order valence-electron chi connectivity index (χ1n) is 6.44. The summed E-state index contributed by atoms with van der Waals surface area (Å²) in [6, 6.07) is 18.4. The fourth-order valence-corrected chi connectivity index (χ4v) is 3.02. The second-order valence-corrected chi connectivity index (χ2v) is 6.04. The number of hydrogen-bond acceptors (Lipinski definition) is 2. The van der Waals surface area contributed by atoms with Gasteiger partial charge in [0.1, 0.15) is 0 Å². The van der Waals surface area contributed by atoms with Gasteiger partial charge in [0.25, 0.3) is 4.70 Å². The van der Waals surface area contributed by atoms with Gasteiger partial charge in [-0.2, -0.15) is 0 Å². The molecular formula is C16H14BrClO2. The molecule has 0 saturated carbocycles. The van der Waals surface area contributed by atoms with Crippen LogP contribution in [-0.4, -0.2) is 18.6 Å². The number of hydrogen-bond donors (Lipinski definition) is 0. The first kappa shape index (κ1) is 14.1. The van der Waals surface area contributed by atoms with E-state index in [2.05, 4.69) is 40.2 Å². The summed E-state index contributed by atoms with van der Waals surface area (Å²) in [6.07, 6.45) is -0.0789. The van der Waals surface area contributed by atoms with Gasteiger partial charge in [0.2, 0.25) is 0 Å². The number of benzene rings is 2. The van der Waals surface area contributed by atoms with Crippen molar-refractivity contribution < 1.29 is 9.47 Å². The monoisotopic (exact) mass is 352 g/mol. The van der Waals surface area contributed by atoms with Crippen molar-refractivity contribution in [1.82, 2.24) is 0 Å². The average molecular weight is 354 g/mol. The van der Waals surface area contributed by atoms with Gasteiger partial charge in [-0.15, -0.1) is 11.6 Å². The van der Waals surface area contributed by atoms with Crippen LogP contribution in [0.5, 0.6) is 0 Å². The van der Waals surface area contributed by atoms with E-state index < -0.39 is 4.70 Å². The van der Waals surface area contributed by atoms with Gasteiger partial charge in [0.05, 0.1) is 18.6 Å². The first-order valence-corrected chi connectivity index (χ1v) is 7.76. The van der Waals surface area contributed by atoms with Crippen molar-refractivity contribution in [2.75, 3.05) is 12.5 Å². The lowest BCUT2D eigenvalue weighted by Gasteiger charge is -2.21. The van der Waals surface area contributed by atoms with E-state index in [1.165, 1.54) is 5.56 Å². The molecule has 1 saturated heterocycles. The van der Waals surface area contributed by atoms with E-state index in [1.807, 2.05) is 30.3 Å². The van der Waals surface area contributed by atoms with Gasteiger partial charge in [0.15, 0.2) is 0 Å². The van der Waals surface area contributed by atoms with Gasteiger partial charge in [-0.05, 0) is 27.1 Å². The molecule has 3 rings (SSSR count). The van der Waals surface area contributed by atoms with E-state index in [1.54, 1.807) is 0 Å². The summed E-state index contributed by atoms with van der Waals surface area (Å²) in [5.74, 6) is 0.426. The molecule has 2 aromatic rings. The summed E-state index contributed by atoms with van der Waals surface area (Å²) in [6.45, 7) is 0.495. The Morgan fingerprint density at radius 3 is 2.30 bits per heavy atom. The highest BCUT2D eigenvalue weighted by molar-refractivity contribution is 9.09. The zero-order valence-corrected chi connectivity index (χ0v) is 13.1. The lowest BCUT2D eigenvalue weighted by Crippen LogP contribution is -2.20. The van der Waals surface area contributed by atoms with Crippen LogP contribution < -0.4 is 0 Å². The number of rotatable bonds is 3. The Morgan fingerprint density at radius 2 is 1.70 bits per heavy atom. The second-order valence-electron chi connectivity index (χ2n) is 4.68. The Bertz CT molecular complexity index is 573. The Hall–Kier alpha value is -0.870. The topological polar surface area (TPSA) is 18.5 Å². The predicted octanol–water partition coefficient (Wildman–Crippen LogP) is 4.51. The molecule has 1 aliphatic heterocycles. The van der Waals surface area contributed by atoms with Gasteiger partial charge in [-0.25, -0.2) is 0 Å². The van der Waals surface area contributed by atoms with Crippen LogP contribution in [-0.2, 0) is 14.2 Å². The molecule has 2 aromatic carbocycles. The van der Waals surface area contributed by atoms with E-state index in [9.17, 15) is 0 Å². The van der Waals surface area contributed by atoms with Crippen molar-refractivity contribution >= 4 is 27.5 Å². The van der Waals surface area contributed by atoms with Crippen LogP contribution >= 0.6 is 27.5 Å². The molecule has 1 aliphatic rings. The predicted molar refractivity (Wildman–Crippen MR) is 84.0 cm³/mol. The molecule has 1 heterocycles. The maximum atomic E-state index is 5.80. The van der Waals surface area contributed by atoms with Crippen LogP contribution in [0.3, 0.4) is 0 Å². The van der Waals surface area contributed by atoms with E-state index in [-0.39, 0.29) is 6.10 Å². The average Bonchev–Trinajstić information content (AvgIpc) is 2.91. The molecule has 0 aliphatic carbocycles. The molecule has 4 heteroatoms. The summed E-state index contributed by atoms with van der Waals surface area (Å²) >= 11 is 9.31. The number of halogens is 2. The lowest BCUT2D eigenvalue weighted by atomic mass is 10.0. The van der Waals surface area contributed by atoms with Crippen LogP contribution in [0, 0.1) is 0 Å². The third-order valence-electron chi connectivity index (χ3n) is 3.28. The van der Waals surface area contributed by atoms with Crippen molar-refractivity contribution in [3.05, 3.63) is 60.2 Å². The summed E-state index contributed by atoms with van der Waals surface area (Å²) in [5, 5.41) is 0. The summed E-state index contributed by atoms with van der Waals surface area (Å²) in [4.78, 5) is 0. The standard InChI is InChI=1S/C16H14BrClO2/c17-16(19-11-15(10-18)20-16)14-8-6-13(7-9-14)12-4-2-1-3-5-12/h1-9,15H,10-11H2/t15-,16+/m1/s1. The SMILES string of the molecule is ClC[C@@H]1CO[C@@](Br)(c2ccc(-c3ccccc3)cc2)O1. The van der Waals surface area contributed by atoms with E-state index >= 15 is 0 Å². The maximum Gasteiger partial charge on any atom is 0.254 e. The van der Waals surface area contributed by atoms with Gasteiger partial charge in [0, 0.05) is 5.56 Å². The van der Waals surface area contributed by atoms with Crippen molar-refractivity contribution in [2.24, 2.45) is 0 Å². The zero-order valence-electron chi connectivity index (χ0n) is 10.8. The fraction of sp³-hybridized carbons (Fsp3) is 0.250. The van der Waals surface area contributed by atoms with Crippen molar-refractivity contribution in [1.29, 1.82) is 0 Å². The lowest BCUT2D eigenvalue weighted by molar-refractivity contribution is -0.0861. The highest BCUT2D eigenvalue weighted by Gasteiger charge is 2.40. The van der Waals surface area contributed by atoms with Crippen LogP contribution in [0.15, 0.2) is 54.6 Å². The molecule has 2 atom stereocenters. The molecular weight excluding hydrogens is 340 g/mol. The Labute approximate surface area is 131 Å². The van der Waals surface area contributed by atoms with E-state index in [0.717, 1.165) is 11.1 Å². The van der Waals surface area contributed by atoms with Gasteiger partial charge < -0.3 is 9.47 Å². The van der Waals surface area contributed by atoms with Crippen LogP contribution in [0.4, 0.5) is 0 Å². The minimum absolute atomic E-state index is 0.0789. The van der Waals surface area contributed by atoms with Crippen molar-refractivity contribution in [3.8, 4) is 11.1 Å². The third kappa shape index (κ3) is 2.77. The summed E-state index contributed by atoms with van der Waals surface area (Å²) in [5.41, 5.74) is 3.29. The Balaban J connectivity index is 1.83. The minimum Gasteiger partial charge on any atom is -0.334 e. The third-order valence-corrected chi connectivity index (χ3v) is 4.50. The van der Waals surface area contributed by atoms with Gasteiger partial charge in [-0.3, -0.25) is 0 Å². The molecule has 0 radical (unpaired) electrons. The quantitative estimate of drug-likeness (QED) is 0.756. The first-order chi connectivity index (χ1) is 9.71. The van der Waals surface area contributed by atoms with Crippen molar-refractivity contribution in [2.45, 2.75) is 10.8 Å². The van der Waals surface area contributed by atoms with Crippen molar-refractivity contribution in [3.63, 3.8) is 0 Å². The Kier molecular flexibility index (Phi) is 4.13. The van der Waals surface area contributed by atoms with Gasteiger partial charge >= 0.3 is 0 Å². The molecule has 0 amide bonds. The second kappa shape index (κ2) is 5.86. The molecule has 20 heavy (non-hydrogen) atoms. The largest absolute Gasteiger partial charge is 0.334 e. The molecule has 0 N–H and O–H groups in total. The highest BCUT2D eigenvalue weighted by atomic mass is 79.9. The summed E-state index contributed by atoms with van der Waals surface area (Å²) in [7, 11) is 0. The number of ether oxygens (including phenoxy) is 2. The summed E-state index contributed by atoms with van der Waals surface area (Å²) < 4.78 is 10.6. The van der Waals surface area contributed by atoms with Gasteiger partial charge in [-0.1, -0.05) is 54.6 Å². The van der Waals surface area contributed by atoms with E-state index in [0.29, 0.717) is 12.5 Å².